The summed E-state index contributed by atoms with van der Waals surface area (Å²) in [6.45, 7) is 3.62. The second-order valence-corrected chi connectivity index (χ2v) is 6.78. The molecule has 0 unspecified atom stereocenters. The highest BCUT2D eigenvalue weighted by molar-refractivity contribution is 5.46. The van der Waals surface area contributed by atoms with Gasteiger partial charge in [0.2, 0.25) is 12.7 Å². The number of benzene rings is 2. The van der Waals surface area contributed by atoms with E-state index in [9.17, 15) is 0 Å². The van der Waals surface area contributed by atoms with E-state index in [2.05, 4.69) is 32.7 Å². The van der Waals surface area contributed by atoms with Gasteiger partial charge >= 0.3 is 0 Å². The number of anilines is 2. The summed E-state index contributed by atoms with van der Waals surface area (Å²) in [7, 11) is 1.67. The monoisotopic (exact) mass is 392 g/mol. The van der Waals surface area contributed by atoms with Crippen LogP contribution in [0.4, 0.5) is 11.8 Å². The summed E-state index contributed by atoms with van der Waals surface area (Å²) in [6.07, 6.45) is 0.896. The molecular formula is C22H24N4O3. The molecule has 0 amide bonds. The van der Waals surface area contributed by atoms with Crippen molar-refractivity contribution in [2.24, 2.45) is 0 Å². The fourth-order valence-corrected chi connectivity index (χ4v) is 3.10. The molecule has 0 saturated carbocycles. The first kappa shape index (κ1) is 18.9. The van der Waals surface area contributed by atoms with Crippen LogP contribution < -0.4 is 24.8 Å². The second kappa shape index (κ2) is 8.68. The largest absolute Gasteiger partial charge is 0.497 e. The van der Waals surface area contributed by atoms with E-state index in [1.807, 2.05) is 43.3 Å². The Morgan fingerprint density at radius 2 is 1.72 bits per heavy atom. The molecule has 0 aliphatic carbocycles. The molecular weight excluding hydrogens is 368 g/mol. The third kappa shape index (κ3) is 4.87. The van der Waals surface area contributed by atoms with Crippen molar-refractivity contribution < 1.29 is 14.2 Å². The fraction of sp³-hybridized carbons (Fsp3) is 0.273. The third-order valence-corrected chi connectivity index (χ3v) is 4.62. The Labute approximate surface area is 170 Å². The lowest BCUT2D eigenvalue weighted by Crippen LogP contribution is -2.10. The van der Waals surface area contributed by atoms with Gasteiger partial charge in [-0.1, -0.05) is 18.2 Å². The van der Waals surface area contributed by atoms with Crippen molar-refractivity contribution in [2.45, 2.75) is 19.9 Å². The van der Waals surface area contributed by atoms with Crippen LogP contribution in [-0.4, -0.2) is 30.4 Å². The van der Waals surface area contributed by atoms with E-state index in [0.29, 0.717) is 12.5 Å². The van der Waals surface area contributed by atoms with Gasteiger partial charge in [0.25, 0.3) is 0 Å². The predicted molar refractivity (Wildman–Crippen MR) is 112 cm³/mol. The number of methoxy groups -OCH3 is 1. The molecule has 7 nitrogen and oxygen atoms in total. The lowest BCUT2D eigenvalue weighted by Gasteiger charge is -2.10. The first-order chi connectivity index (χ1) is 14.2. The SMILES string of the molecule is COc1ccc(CCNc2cc(C)nc(NCc3ccc4c(c3)OCO4)n2)cc1. The van der Waals surface area contributed by atoms with Gasteiger partial charge in [0.15, 0.2) is 11.5 Å². The number of aryl methyl sites for hydroxylation is 1. The second-order valence-electron chi connectivity index (χ2n) is 6.78. The third-order valence-electron chi connectivity index (χ3n) is 4.62. The average Bonchev–Trinajstić information content (AvgIpc) is 3.20. The van der Waals surface area contributed by atoms with E-state index in [1.54, 1.807) is 7.11 Å². The van der Waals surface area contributed by atoms with E-state index in [1.165, 1.54) is 5.56 Å². The Bertz CT molecular complexity index is 976. The van der Waals surface area contributed by atoms with Crippen LogP contribution in [0.2, 0.25) is 0 Å². The Morgan fingerprint density at radius 3 is 2.55 bits per heavy atom. The van der Waals surface area contributed by atoms with Gasteiger partial charge in [-0.3, -0.25) is 0 Å². The minimum absolute atomic E-state index is 0.277. The topological polar surface area (TPSA) is 77.5 Å². The molecule has 1 aliphatic heterocycles. The van der Waals surface area contributed by atoms with Gasteiger partial charge < -0.3 is 24.8 Å². The van der Waals surface area contributed by atoms with Crippen LogP contribution in [0.5, 0.6) is 17.2 Å². The Balaban J connectivity index is 1.33. The van der Waals surface area contributed by atoms with Gasteiger partial charge in [-0.15, -0.1) is 0 Å². The molecule has 7 heteroatoms. The molecule has 0 atom stereocenters. The van der Waals surface area contributed by atoms with Crippen molar-refractivity contribution in [1.82, 2.24) is 9.97 Å². The standard InChI is InChI=1S/C22H24N4O3/c1-15-11-21(23-10-9-16-3-6-18(27-2)7-4-16)26-22(25-15)24-13-17-5-8-19-20(12-17)29-14-28-19/h3-8,11-12H,9-10,13-14H2,1-2H3,(H2,23,24,25,26). The average molecular weight is 392 g/mol. The fourth-order valence-electron chi connectivity index (χ4n) is 3.10. The maximum Gasteiger partial charge on any atom is 0.231 e. The molecule has 1 aliphatic rings. The summed E-state index contributed by atoms with van der Waals surface area (Å²) < 4.78 is 16.0. The zero-order valence-electron chi connectivity index (χ0n) is 16.6. The highest BCUT2D eigenvalue weighted by Gasteiger charge is 2.13. The maximum absolute atomic E-state index is 5.42. The van der Waals surface area contributed by atoms with Crippen molar-refractivity contribution in [3.63, 3.8) is 0 Å². The molecule has 150 valence electrons. The molecule has 1 aromatic heterocycles. The molecule has 3 aromatic rings. The zero-order chi connectivity index (χ0) is 20.1. The van der Waals surface area contributed by atoms with E-state index in [-0.39, 0.29) is 6.79 Å². The molecule has 0 saturated heterocycles. The van der Waals surface area contributed by atoms with E-state index < -0.39 is 0 Å². The molecule has 0 fully saturated rings. The summed E-state index contributed by atoms with van der Waals surface area (Å²) in [4.78, 5) is 9.05. The Morgan fingerprint density at radius 1 is 0.931 bits per heavy atom. The van der Waals surface area contributed by atoms with E-state index in [4.69, 9.17) is 14.2 Å². The van der Waals surface area contributed by atoms with Crippen LogP contribution in [0.15, 0.2) is 48.5 Å². The van der Waals surface area contributed by atoms with Crippen LogP contribution in [0.1, 0.15) is 16.8 Å². The van der Waals surface area contributed by atoms with Gasteiger partial charge in [-0.05, 0) is 48.7 Å². The van der Waals surface area contributed by atoms with Crippen LogP contribution in [0, 0.1) is 6.92 Å². The van der Waals surface area contributed by atoms with Crippen LogP contribution in [0.25, 0.3) is 0 Å². The molecule has 2 aromatic carbocycles. The smallest absolute Gasteiger partial charge is 0.231 e. The number of nitrogens with zero attached hydrogens (tertiary/aromatic N) is 2. The molecule has 0 spiro atoms. The number of ether oxygens (including phenoxy) is 3. The number of hydrogen-bond acceptors (Lipinski definition) is 7. The first-order valence-electron chi connectivity index (χ1n) is 9.54. The molecule has 4 rings (SSSR count). The summed E-state index contributed by atoms with van der Waals surface area (Å²) in [5, 5.41) is 6.66. The quantitative estimate of drug-likeness (QED) is 0.604. The summed E-state index contributed by atoms with van der Waals surface area (Å²) in [6, 6.07) is 15.9. The van der Waals surface area contributed by atoms with Crippen molar-refractivity contribution >= 4 is 11.8 Å². The number of fused-ring (bicyclic) bond motifs is 1. The zero-order valence-corrected chi connectivity index (χ0v) is 16.6. The van der Waals surface area contributed by atoms with E-state index in [0.717, 1.165) is 47.3 Å². The first-order valence-corrected chi connectivity index (χ1v) is 9.54. The van der Waals surface area contributed by atoms with Gasteiger partial charge in [-0.2, -0.15) is 4.98 Å². The number of nitrogens with one attached hydrogen (secondary N) is 2. The van der Waals surface area contributed by atoms with Crippen molar-refractivity contribution in [2.75, 3.05) is 31.1 Å². The highest BCUT2D eigenvalue weighted by Crippen LogP contribution is 2.32. The molecule has 0 radical (unpaired) electrons. The maximum atomic E-state index is 5.42. The van der Waals surface area contributed by atoms with Crippen molar-refractivity contribution in [3.05, 3.63) is 65.4 Å². The normalized spacial score (nSPS) is 11.9. The molecule has 2 N–H and O–H groups in total. The Hall–Kier alpha value is -3.48. The van der Waals surface area contributed by atoms with Gasteiger partial charge in [0.1, 0.15) is 11.6 Å². The van der Waals surface area contributed by atoms with Gasteiger partial charge in [0.05, 0.1) is 7.11 Å². The molecule has 2 heterocycles. The number of rotatable bonds is 8. The van der Waals surface area contributed by atoms with Crippen LogP contribution in [0.3, 0.4) is 0 Å². The summed E-state index contributed by atoms with van der Waals surface area (Å²) in [5.41, 5.74) is 3.22. The lowest BCUT2D eigenvalue weighted by atomic mass is 10.1. The van der Waals surface area contributed by atoms with Crippen LogP contribution in [-0.2, 0) is 13.0 Å². The van der Waals surface area contributed by atoms with E-state index >= 15 is 0 Å². The predicted octanol–water partition coefficient (Wildman–Crippen LogP) is 3.79. The number of hydrogen-bond donors (Lipinski definition) is 2. The van der Waals surface area contributed by atoms with Crippen molar-refractivity contribution in [1.29, 1.82) is 0 Å². The molecule has 29 heavy (non-hydrogen) atoms. The number of aromatic nitrogens is 2. The molecule has 0 bridgehead atoms. The van der Waals surface area contributed by atoms with Gasteiger partial charge in [0, 0.05) is 24.8 Å². The lowest BCUT2D eigenvalue weighted by molar-refractivity contribution is 0.174. The Kier molecular flexibility index (Phi) is 5.65. The van der Waals surface area contributed by atoms with Gasteiger partial charge in [-0.25, -0.2) is 4.98 Å². The minimum atomic E-state index is 0.277. The summed E-state index contributed by atoms with van der Waals surface area (Å²) in [5.74, 6) is 3.82. The van der Waals surface area contributed by atoms with Crippen LogP contribution >= 0.6 is 0 Å². The summed E-state index contributed by atoms with van der Waals surface area (Å²) >= 11 is 0. The highest BCUT2D eigenvalue weighted by atomic mass is 16.7. The van der Waals surface area contributed by atoms with Crippen molar-refractivity contribution in [3.8, 4) is 17.2 Å². The minimum Gasteiger partial charge on any atom is -0.497 e.